The van der Waals surface area contributed by atoms with Gasteiger partial charge in [0.2, 0.25) is 0 Å². The minimum atomic E-state index is -0.264. The van der Waals surface area contributed by atoms with Crippen LogP contribution >= 0.6 is 0 Å². The van der Waals surface area contributed by atoms with Gasteiger partial charge in [0.05, 0.1) is 5.56 Å². The summed E-state index contributed by atoms with van der Waals surface area (Å²) in [6, 6.07) is 2.61. The molecular formula is C19H27N3O3. The first-order valence-corrected chi connectivity index (χ1v) is 9.44. The Hall–Kier alpha value is -1.82. The topological polar surface area (TPSA) is 54.8 Å². The summed E-state index contributed by atoms with van der Waals surface area (Å²) in [6.07, 6.45) is 3.96. The fraction of sp³-hybridized carbons (Fsp3) is 0.684. The predicted octanol–water partition coefficient (Wildman–Crippen LogP) is 1.90. The molecule has 2 aliphatic heterocycles. The number of nitrogens with zero attached hydrogens (tertiary/aromatic N) is 3. The van der Waals surface area contributed by atoms with E-state index >= 15 is 0 Å². The smallest absolute Gasteiger partial charge is 0.255 e. The van der Waals surface area contributed by atoms with E-state index in [9.17, 15) is 9.59 Å². The van der Waals surface area contributed by atoms with E-state index in [4.69, 9.17) is 4.74 Å². The first kappa shape index (κ1) is 16.6. The van der Waals surface area contributed by atoms with Gasteiger partial charge < -0.3 is 19.1 Å². The molecule has 4 rings (SSSR count). The molecule has 25 heavy (non-hydrogen) atoms. The van der Waals surface area contributed by atoms with E-state index < -0.39 is 0 Å². The fourth-order valence-electron chi connectivity index (χ4n) is 4.16. The van der Waals surface area contributed by atoms with Crippen molar-refractivity contribution in [1.82, 2.24) is 14.4 Å². The average molecular weight is 345 g/mol. The summed E-state index contributed by atoms with van der Waals surface area (Å²) in [5, 5.41) is 0. The molecule has 6 heteroatoms. The summed E-state index contributed by atoms with van der Waals surface area (Å²) in [5.41, 5.74) is 3.08. The molecule has 0 bridgehead atoms. The molecule has 1 saturated carbocycles. The lowest BCUT2D eigenvalue weighted by Crippen LogP contribution is -2.52. The van der Waals surface area contributed by atoms with Gasteiger partial charge in [-0.2, -0.15) is 0 Å². The number of carbonyl (C=O) groups is 2. The molecule has 1 atom stereocenters. The zero-order chi connectivity index (χ0) is 17.6. The second-order valence-electron chi connectivity index (χ2n) is 7.51. The molecule has 1 aliphatic carbocycles. The van der Waals surface area contributed by atoms with Crippen LogP contribution in [0.4, 0.5) is 0 Å². The molecule has 1 aromatic heterocycles. The Morgan fingerprint density at radius 2 is 1.72 bits per heavy atom. The number of amides is 2. The maximum absolute atomic E-state index is 12.9. The third kappa shape index (κ3) is 3.08. The van der Waals surface area contributed by atoms with Crippen LogP contribution in [-0.2, 0) is 9.53 Å². The molecule has 1 aromatic rings. The summed E-state index contributed by atoms with van der Waals surface area (Å²) >= 11 is 0. The fourth-order valence-corrected chi connectivity index (χ4v) is 4.16. The maximum Gasteiger partial charge on any atom is 0.255 e. The Labute approximate surface area is 148 Å². The quantitative estimate of drug-likeness (QED) is 0.841. The van der Waals surface area contributed by atoms with Gasteiger partial charge in [0.15, 0.2) is 0 Å². The van der Waals surface area contributed by atoms with Crippen molar-refractivity contribution in [2.75, 3.05) is 32.8 Å². The van der Waals surface area contributed by atoms with Gasteiger partial charge in [-0.25, -0.2) is 0 Å². The standard InChI is InChI=1S/C19H27N3O3/c1-13-12-16(14(2)22(13)15-5-6-15)18(23)20-7-9-21(10-8-20)19(24)17-4-3-11-25-17/h12,15,17H,3-11H2,1-2H3. The summed E-state index contributed by atoms with van der Waals surface area (Å²) in [4.78, 5) is 29.1. The van der Waals surface area contributed by atoms with E-state index in [-0.39, 0.29) is 17.9 Å². The van der Waals surface area contributed by atoms with Crippen molar-refractivity contribution >= 4 is 11.8 Å². The highest BCUT2D eigenvalue weighted by Gasteiger charge is 2.33. The SMILES string of the molecule is Cc1cc(C(=O)N2CCN(C(=O)C3CCCO3)CC2)c(C)n1C1CC1. The second kappa shape index (κ2) is 6.48. The lowest BCUT2D eigenvalue weighted by molar-refractivity contribution is -0.142. The van der Waals surface area contributed by atoms with Crippen molar-refractivity contribution in [3.8, 4) is 0 Å². The second-order valence-corrected chi connectivity index (χ2v) is 7.51. The summed E-state index contributed by atoms with van der Waals surface area (Å²) in [7, 11) is 0. The van der Waals surface area contributed by atoms with Crippen LogP contribution in [-0.4, -0.2) is 65.1 Å². The number of rotatable bonds is 3. The van der Waals surface area contributed by atoms with Gasteiger partial charge >= 0.3 is 0 Å². The van der Waals surface area contributed by atoms with Crippen LogP contribution in [0.1, 0.15) is 53.5 Å². The zero-order valence-electron chi connectivity index (χ0n) is 15.2. The molecule has 0 spiro atoms. The summed E-state index contributed by atoms with van der Waals surface area (Å²) in [6.45, 7) is 7.23. The minimum absolute atomic E-state index is 0.0940. The Morgan fingerprint density at radius 1 is 1.04 bits per heavy atom. The molecule has 136 valence electrons. The highest BCUT2D eigenvalue weighted by atomic mass is 16.5. The van der Waals surface area contributed by atoms with Crippen molar-refractivity contribution in [2.24, 2.45) is 0 Å². The number of piperazine rings is 1. The van der Waals surface area contributed by atoms with Crippen LogP contribution in [0.5, 0.6) is 0 Å². The largest absolute Gasteiger partial charge is 0.368 e. The predicted molar refractivity (Wildman–Crippen MR) is 93.6 cm³/mol. The van der Waals surface area contributed by atoms with E-state index in [0.29, 0.717) is 38.8 Å². The zero-order valence-corrected chi connectivity index (χ0v) is 15.2. The van der Waals surface area contributed by atoms with E-state index in [2.05, 4.69) is 18.4 Å². The van der Waals surface area contributed by atoms with Gasteiger partial charge in [0.1, 0.15) is 6.10 Å². The number of hydrogen-bond acceptors (Lipinski definition) is 3. The highest BCUT2D eigenvalue weighted by molar-refractivity contribution is 5.96. The van der Waals surface area contributed by atoms with Crippen molar-refractivity contribution in [1.29, 1.82) is 0 Å². The van der Waals surface area contributed by atoms with Crippen molar-refractivity contribution in [2.45, 2.75) is 51.7 Å². The van der Waals surface area contributed by atoms with Crippen LogP contribution < -0.4 is 0 Å². The molecule has 3 heterocycles. The van der Waals surface area contributed by atoms with E-state index in [1.165, 1.54) is 18.5 Å². The van der Waals surface area contributed by atoms with Gasteiger partial charge in [-0.3, -0.25) is 9.59 Å². The summed E-state index contributed by atoms with van der Waals surface area (Å²) < 4.78 is 7.81. The third-order valence-corrected chi connectivity index (χ3v) is 5.71. The number of carbonyl (C=O) groups excluding carboxylic acids is 2. The maximum atomic E-state index is 12.9. The minimum Gasteiger partial charge on any atom is -0.368 e. The number of aromatic nitrogens is 1. The van der Waals surface area contributed by atoms with Crippen molar-refractivity contribution in [3.63, 3.8) is 0 Å². The Kier molecular flexibility index (Phi) is 4.31. The Balaban J connectivity index is 1.40. The molecule has 3 fully saturated rings. The van der Waals surface area contributed by atoms with Crippen LogP contribution in [0, 0.1) is 13.8 Å². The van der Waals surface area contributed by atoms with Gasteiger partial charge in [-0.05, 0) is 45.6 Å². The molecular weight excluding hydrogens is 318 g/mol. The van der Waals surface area contributed by atoms with Crippen molar-refractivity contribution < 1.29 is 14.3 Å². The van der Waals surface area contributed by atoms with Crippen LogP contribution in [0.15, 0.2) is 6.07 Å². The molecule has 1 unspecified atom stereocenters. The molecule has 2 saturated heterocycles. The monoisotopic (exact) mass is 345 g/mol. The summed E-state index contributed by atoms with van der Waals surface area (Å²) in [5.74, 6) is 0.195. The van der Waals surface area contributed by atoms with E-state index in [1.807, 2.05) is 15.9 Å². The lowest BCUT2D eigenvalue weighted by Gasteiger charge is -2.35. The third-order valence-electron chi connectivity index (χ3n) is 5.71. The first-order valence-electron chi connectivity index (χ1n) is 9.44. The lowest BCUT2D eigenvalue weighted by atomic mass is 10.1. The normalized spacial score (nSPS) is 24.0. The first-order chi connectivity index (χ1) is 12.1. The van der Waals surface area contributed by atoms with Crippen LogP contribution in [0.2, 0.25) is 0 Å². The number of hydrogen-bond donors (Lipinski definition) is 0. The molecule has 6 nitrogen and oxygen atoms in total. The van der Waals surface area contributed by atoms with Gasteiger partial charge in [0.25, 0.3) is 11.8 Å². The number of ether oxygens (including phenoxy) is 1. The number of aryl methyl sites for hydroxylation is 1. The van der Waals surface area contributed by atoms with Gasteiger partial charge in [-0.15, -0.1) is 0 Å². The van der Waals surface area contributed by atoms with E-state index in [0.717, 1.165) is 24.1 Å². The molecule has 0 aromatic carbocycles. The Morgan fingerprint density at radius 3 is 2.32 bits per heavy atom. The van der Waals surface area contributed by atoms with Gasteiger partial charge in [0, 0.05) is 50.2 Å². The van der Waals surface area contributed by atoms with E-state index in [1.54, 1.807) is 0 Å². The molecule has 0 radical (unpaired) electrons. The van der Waals surface area contributed by atoms with Crippen LogP contribution in [0.3, 0.4) is 0 Å². The Bertz CT molecular complexity index is 678. The molecule has 0 N–H and O–H groups in total. The molecule has 2 amide bonds. The average Bonchev–Trinajstić information content (AvgIpc) is 3.19. The molecule has 3 aliphatic rings. The van der Waals surface area contributed by atoms with Gasteiger partial charge in [-0.1, -0.05) is 0 Å². The van der Waals surface area contributed by atoms with Crippen LogP contribution in [0.25, 0.3) is 0 Å². The highest BCUT2D eigenvalue weighted by Crippen LogP contribution is 2.38. The van der Waals surface area contributed by atoms with Crippen molar-refractivity contribution in [3.05, 3.63) is 23.0 Å².